The highest BCUT2D eigenvalue weighted by molar-refractivity contribution is 5.79. The first kappa shape index (κ1) is 13.0. The smallest absolute Gasteiger partial charge is 0.404 e. The highest BCUT2D eigenvalue weighted by atomic mass is 19.1. The molecule has 92 valence electrons. The lowest BCUT2D eigenvalue weighted by Crippen LogP contribution is -2.25. The third-order valence-electron chi connectivity index (χ3n) is 1.89. The summed E-state index contributed by atoms with van der Waals surface area (Å²) in [4.78, 5) is 21.1. The summed E-state index contributed by atoms with van der Waals surface area (Å²) < 4.78 is 22.6. The van der Waals surface area contributed by atoms with E-state index in [1.807, 2.05) is 0 Å². The van der Waals surface area contributed by atoms with Gasteiger partial charge in [0.1, 0.15) is 24.3 Å². The summed E-state index contributed by atoms with van der Waals surface area (Å²) in [5.74, 6) is -0.304. The van der Waals surface area contributed by atoms with Crippen molar-refractivity contribution in [2.75, 3.05) is 6.61 Å². The number of carbonyl (C=O) groups is 2. The van der Waals surface area contributed by atoms with Crippen LogP contribution in [0.25, 0.3) is 0 Å². The number of halogens is 1. The minimum Gasteiger partial charge on any atom is -0.489 e. The van der Waals surface area contributed by atoms with Gasteiger partial charge in [-0.2, -0.15) is 0 Å². The lowest BCUT2D eigenvalue weighted by atomic mass is 10.2. The zero-order valence-corrected chi connectivity index (χ0v) is 9.18. The molecule has 0 spiro atoms. The monoisotopic (exact) mass is 241 g/mol. The molecule has 17 heavy (non-hydrogen) atoms. The van der Waals surface area contributed by atoms with E-state index in [1.54, 1.807) is 6.92 Å². The second-order valence-corrected chi connectivity index (χ2v) is 3.36. The lowest BCUT2D eigenvalue weighted by Gasteiger charge is -2.13. The first-order chi connectivity index (χ1) is 8.02. The summed E-state index contributed by atoms with van der Waals surface area (Å²) in [6, 6.07) is 3.56. The Balaban J connectivity index is 2.62. The summed E-state index contributed by atoms with van der Waals surface area (Å²) in [6.07, 6.45) is -0.981. The number of nitrogens with two attached hydrogens (primary N) is 1. The molecule has 6 heteroatoms. The van der Waals surface area contributed by atoms with Crippen molar-refractivity contribution in [2.24, 2.45) is 5.73 Å². The molecule has 0 aliphatic rings. The van der Waals surface area contributed by atoms with Gasteiger partial charge in [0, 0.05) is 0 Å². The van der Waals surface area contributed by atoms with Crippen LogP contribution in [0.3, 0.4) is 0 Å². The van der Waals surface area contributed by atoms with Crippen molar-refractivity contribution in [2.45, 2.75) is 13.0 Å². The van der Waals surface area contributed by atoms with Crippen LogP contribution in [0.1, 0.15) is 17.3 Å². The summed E-state index contributed by atoms with van der Waals surface area (Å²) in [6.45, 7) is 1.60. The van der Waals surface area contributed by atoms with Crippen molar-refractivity contribution >= 4 is 12.4 Å². The van der Waals surface area contributed by atoms with Crippen LogP contribution in [0, 0.1) is 5.82 Å². The summed E-state index contributed by atoms with van der Waals surface area (Å²) in [5.41, 5.74) is 4.91. The summed E-state index contributed by atoms with van der Waals surface area (Å²) >= 11 is 0. The van der Waals surface area contributed by atoms with E-state index in [9.17, 15) is 14.0 Å². The normalized spacial score (nSPS) is 11.6. The van der Waals surface area contributed by atoms with Gasteiger partial charge in [-0.05, 0) is 25.1 Å². The van der Waals surface area contributed by atoms with Gasteiger partial charge in [-0.3, -0.25) is 4.79 Å². The van der Waals surface area contributed by atoms with Gasteiger partial charge in [0.15, 0.2) is 6.29 Å². The second-order valence-electron chi connectivity index (χ2n) is 3.36. The van der Waals surface area contributed by atoms with Crippen LogP contribution < -0.4 is 10.5 Å². The molecule has 0 unspecified atom stereocenters. The standard InChI is InChI=1S/C11H12FNO4/c1-7(17-11(13)15)6-16-10-3-2-9(12)4-8(10)5-14/h2-5,7H,6H2,1H3,(H2,13,15)/t7-/m1/s1. The molecule has 0 aliphatic heterocycles. The fraction of sp³-hybridized carbons (Fsp3) is 0.273. The van der Waals surface area contributed by atoms with Gasteiger partial charge in [-0.25, -0.2) is 9.18 Å². The quantitative estimate of drug-likeness (QED) is 0.792. The molecule has 0 saturated heterocycles. The predicted molar refractivity (Wildman–Crippen MR) is 57.4 cm³/mol. The average molecular weight is 241 g/mol. The van der Waals surface area contributed by atoms with Crippen molar-refractivity contribution in [1.82, 2.24) is 0 Å². The maximum absolute atomic E-state index is 12.8. The Hall–Kier alpha value is -2.11. The van der Waals surface area contributed by atoms with E-state index in [-0.39, 0.29) is 17.9 Å². The van der Waals surface area contributed by atoms with Gasteiger partial charge in [-0.1, -0.05) is 0 Å². The molecule has 1 atom stereocenters. The zero-order valence-electron chi connectivity index (χ0n) is 9.18. The highest BCUT2D eigenvalue weighted by Crippen LogP contribution is 2.18. The van der Waals surface area contributed by atoms with Crippen LogP contribution in [0.4, 0.5) is 9.18 Å². The lowest BCUT2D eigenvalue weighted by molar-refractivity contribution is 0.0816. The van der Waals surface area contributed by atoms with E-state index in [1.165, 1.54) is 12.1 Å². The molecule has 0 aromatic heterocycles. The number of carbonyl (C=O) groups excluding carboxylic acids is 2. The Labute approximate surface area is 97.3 Å². The van der Waals surface area contributed by atoms with Crippen LogP contribution in [0.15, 0.2) is 18.2 Å². The molecule has 0 radical (unpaired) electrons. The molecule has 0 heterocycles. The van der Waals surface area contributed by atoms with E-state index in [4.69, 9.17) is 10.5 Å². The van der Waals surface area contributed by atoms with Crippen molar-refractivity contribution in [3.8, 4) is 5.75 Å². The van der Waals surface area contributed by atoms with Crippen LogP contribution in [0.2, 0.25) is 0 Å². The Bertz CT molecular complexity index is 422. The molecular formula is C11H12FNO4. The van der Waals surface area contributed by atoms with Gasteiger partial charge in [-0.15, -0.1) is 0 Å². The fourth-order valence-corrected chi connectivity index (χ4v) is 1.18. The molecule has 0 fully saturated rings. The Morgan fingerprint density at radius 1 is 1.59 bits per heavy atom. The molecule has 1 rings (SSSR count). The number of rotatable bonds is 5. The predicted octanol–water partition coefficient (Wildman–Crippen LogP) is 1.50. The largest absolute Gasteiger partial charge is 0.489 e. The van der Waals surface area contributed by atoms with Crippen LogP contribution in [-0.4, -0.2) is 25.1 Å². The van der Waals surface area contributed by atoms with E-state index in [0.29, 0.717) is 6.29 Å². The average Bonchev–Trinajstić information content (AvgIpc) is 2.26. The van der Waals surface area contributed by atoms with Gasteiger partial charge in [0.2, 0.25) is 0 Å². The van der Waals surface area contributed by atoms with Gasteiger partial charge < -0.3 is 15.2 Å². The molecule has 0 saturated carbocycles. The van der Waals surface area contributed by atoms with Crippen LogP contribution in [-0.2, 0) is 4.74 Å². The molecule has 0 bridgehead atoms. The number of benzene rings is 1. The Morgan fingerprint density at radius 2 is 2.29 bits per heavy atom. The summed E-state index contributed by atoms with van der Waals surface area (Å²) in [5, 5.41) is 0. The molecular weight excluding hydrogens is 229 g/mol. The first-order valence-electron chi connectivity index (χ1n) is 4.86. The van der Waals surface area contributed by atoms with Gasteiger partial charge in [0.25, 0.3) is 0 Å². The minimum absolute atomic E-state index is 0.0232. The fourth-order valence-electron chi connectivity index (χ4n) is 1.18. The maximum Gasteiger partial charge on any atom is 0.404 e. The van der Waals surface area contributed by atoms with Crippen molar-refractivity contribution in [1.29, 1.82) is 0 Å². The van der Waals surface area contributed by atoms with Gasteiger partial charge >= 0.3 is 6.09 Å². The van der Waals surface area contributed by atoms with E-state index in [0.717, 1.165) is 6.07 Å². The third kappa shape index (κ3) is 4.10. The van der Waals surface area contributed by atoms with Crippen LogP contribution in [0.5, 0.6) is 5.75 Å². The molecule has 1 amide bonds. The molecule has 1 aromatic rings. The Morgan fingerprint density at radius 3 is 2.88 bits per heavy atom. The first-order valence-corrected chi connectivity index (χ1v) is 4.86. The van der Waals surface area contributed by atoms with E-state index in [2.05, 4.69) is 4.74 Å². The molecule has 2 N–H and O–H groups in total. The number of ether oxygens (including phenoxy) is 2. The van der Waals surface area contributed by atoms with E-state index >= 15 is 0 Å². The zero-order chi connectivity index (χ0) is 12.8. The number of hydrogen-bond donors (Lipinski definition) is 1. The van der Waals surface area contributed by atoms with Crippen molar-refractivity contribution < 1.29 is 23.5 Å². The molecule has 5 nitrogen and oxygen atoms in total. The topological polar surface area (TPSA) is 78.6 Å². The Kier molecular flexibility index (Phi) is 4.45. The summed E-state index contributed by atoms with van der Waals surface area (Å²) in [7, 11) is 0. The van der Waals surface area contributed by atoms with E-state index < -0.39 is 18.0 Å². The van der Waals surface area contributed by atoms with Gasteiger partial charge in [0.05, 0.1) is 5.56 Å². The minimum atomic E-state index is -0.907. The highest BCUT2D eigenvalue weighted by Gasteiger charge is 2.09. The number of aldehydes is 1. The number of amides is 1. The maximum atomic E-state index is 12.8. The second kappa shape index (κ2) is 5.83. The number of primary amides is 1. The SMILES string of the molecule is C[C@H](COc1ccc(F)cc1C=O)OC(N)=O. The molecule has 0 aliphatic carbocycles. The van der Waals surface area contributed by atoms with Crippen LogP contribution >= 0.6 is 0 Å². The third-order valence-corrected chi connectivity index (χ3v) is 1.89. The number of hydrogen-bond acceptors (Lipinski definition) is 4. The molecule has 1 aromatic carbocycles. The van der Waals surface area contributed by atoms with Crippen molar-refractivity contribution in [3.63, 3.8) is 0 Å². The van der Waals surface area contributed by atoms with Crippen molar-refractivity contribution in [3.05, 3.63) is 29.6 Å².